The molecule has 0 bridgehead atoms. The zero-order valence-corrected chi connectivity index (χ0v) is 9.68. The maximum Gasteiger partial charge on any atom is 0.290 e. The van der Waals surface area contributed by atoms with Gasteiger partial charge in [-0.2, -0.15) is 5.26 Å². The van der Waals surface area contributed by atoms with Crippen LogP contribution in [0.15, 0.2) is 12.1 Å². The normalized spacial score (nSPS) is 15.9. The van der Waals surface area contributed by atoms with Crippen LogP contribution in [0.4, 0.5) is 11.4 Å². The molecule has 1 aromatic carbocycles. The molecule has 1 aromatic rings. The van der Waals surface area contributed by atoms with E-state index in [1.54, 1.807) is 19.9 Å². The zero-order valence-electron chi connectivity index (χ0n) is 9.68. The molecule has 0 unspecified atom stereocenters. The molecule has 1 aliphatic heterocycles. The average molecular weight is 247 g/mol. The lowest BCUT2D eigenvalue weighted by molar-refractivity contribution is -0.385. The van der Waals surface area contributed by atoms with E-state index in [-0.39, 0.29) is 28.6 Å². The van der Waals surface area contributed by atoms with Gasteiger partial charge in [-0.15, -0.1) is 0 Å². The number of ether oxygens (including phenoxy) is 1. The average Bonchev–Trinajstić information content (AvgIpc) is 2.28. The van der Waals surface area contributed by atoms with E-state index >= 15 is 0 Å². The van der Waals surface area contributed by atoms with Crippen LogP contribution in [0.1, 0.15) is 19.4 Å². The monoisotopic (exact) mass is 247 g/mol. The Morgan fingerprint density at radius 2 is 2.17 bits per heavy atom. The Bertz CT molecular complexity index is 601. The number of nitrogens with zero attached hydrogens (tertiary/aromatic N) is 2. The Morgan fingerprint density at radius 3 is 2.72 bits per heavy atom. The first-order valence-electron chi connectivity index (χ1n) is 5.08. The number of carbonyl (C=O) groups excluding carboxylic acids is 1. The molecule has 7 heteroatoms. The van der Waals surface area contributed by atoms with Crippen molar-refractivity contribution in [2.24, 2.45) is 0 Å². The summed E-state index contributed by atoms with van der Waals surface area (Å²) in [4.78, 5) is 21.8. The lowest BCUT2D eigenvalue weighted by Crippen LogP contribution is -2.45. The number of nitrogens with one attached hydrogen (secondary N) is 1. The third kappa shape index (κ3) is 1.73. The molecule has 1 amide bonds. The van der Waals surface area contributed by atoms with Crippen LogP contribution in [0.25, 0.3) is 0 Å². The van der Waals surface area contributed by atoms with Gasteiger partial charge in [-0.05, 0) is 19.9 Å². The Hall–Kier alpha value is -2.62. The minimum Gasteiger partial charge on any atom is -0.476 e. The fourth-order valence-corrected chi connectivity index (χ4v) is 1.59. The number of fused-ring (bicyclic) bond motifs is 1. The van der Waals surface area contributed by atoms with Crippen LogP contribution in [0, 0.1) is 21.4 Å². The third-order valence-corrected chi connectivity index (χ3v) is 2.58. The van der Waals surface area contributed by atoms with Gasteiger partial charge in [0.1, 0.15) is 11.6 Å². The SMILES string of the molecule is CC1(C)Oc2cc([N+](=O)[O-])c(C#N)cc2NC1=O. The smallest absolute Gasteiger partial charge is 0.290 e. The van der Waals surface area contributed by atoms with E-state index in [0.717, 1.165) is 6.07 Å². The van der Waals surface area contributed by atoms with Crippen LogP contribution in [-0.2, 0) is 4.79 Å². The van der Waals surface area contributed by atoms with Gasteiger partial charge in [0.05, 0.1) is 16.7 Å². The maximum absolute atomic E-state index is 11.6. The number of amides is 1. The number of hydrogen-bond acceptors (Lipinski definition) is 5. The summed E-state index contributed by atoms with van der Waals surface area (Å²) in [6, 6.07) is 4.10. The number of nitro benzene ring substituents is 1. The Morgan fingerprint density at radius 1 is 1.50 bits per heavy atom. The molecule has 1 heterocycles. The molecule has 18 heavy (non-hydrogen) atoms. The zero-order chi connectivity index (χ0) is 13.5. The summed E-state index contributed by atoms with van der Waals surface area (Å²) in [5.41, 5.74) is -1.30. The highest BCUT2D eigenvalue weighted by atomic mass is 16.6. The van der Waals surface area contributed by atoms with Gasteiger partial charge >= 0.3 is 0 Å². The van der Waals surface area contributed by atoms with Crippen molar-refractivity contribution >= 4 is 17.3 Å². The Balaban J connectivity index is 2.60. The number of benzene rings is 1. The van der Waals surface area contributed by atoms with E-state index < -0.39 is 10.5 Å². The fraction of sp³-hybridized carbons (Fsp3) is 0.273. The first kappa shape index (κ1) is 11.9. The van der Waals surface area contributed by atoms with Gasteiger partial charge in [0.2, 0.25) is 0 Å². The van der Waals surface area contributed by atoms with Crippen molar-refractivity contribution < 1.29 is 14.5 Å². The summed E-state index contributed by atoms with van der Waals surface area (Å²) < 4.78 is 5.40. The number of rotatable bonds is 1. The Labute approximate surface area is 102 Å². The minimum absolute atomic E-state index is 0.123. The van der Waals surface area contributed by atoms with Gasteiger partial charge < -0.3 is 10.1 Å². The summed E-state index contributed by atoms with van der Waals surface area (Å²) >= 11 is 0. The molecule has 0 spiro atoms. The standard InChI is InChI=1S/C11H9N3O4/c1-11(2)10(15)13-7-3-6(5-12)8(14(16)17)4-9(7)18-11/h3-4H,1-2H3,(H,13,15). The van der Waals surface area contributed by atoms with Crippen molar-refractivity contribution in [1.82, 2.24) is 0 Å². The van der Waals surface area contributed by atoms with Crippen molar-refractivity contribution in [1.29, 1.82) is 5.26 Å². The molecular formula is C11H9N3O4. The van der Waals surface area contributed by atoms with Crippen LogP contribution in [0.3, 0.4) is 0 Å². The molecule has 0 radical (unpaired) electrons. The maximum atomic E-state index is 11.6. The van der Waals surface area contributed by atoms with Crippen molar-refractivity contribution in [2.75, 3.05) is 5.32 Å². The van der Waals surface area contributed by atoms with Crippen molar-refractivity contribution in [2.45, 2.75) is 19.4 Å². The molecule has 1 N–H and O–H groups in total. The highest BCUT2D eigenvalue weighted by Crippen LogP contribution is 2.38. The van der Waals surface area contributed by atoms with Gasteiger partial charge in [0, 0.05) is 0 Å². The first-order chi connectivity index (χ1) is 8.35. The van der Waals surface area contributed by atoms with Crippen LogP contribution in [0.2, 0.25) is 0 Å². The molecule has 0 fully saturated rings. The second kappa shape index (κ2) is 3.70. The fourth-order valence-electron chi connectivity index (χ4n) is 1.59. The number of hydrogen-bond donors (Lipinski definition) is 1. The highest BCUT2D eigenvalue weighted by molar-refractivity contribution is 6.00. The van der Waals surface area contributed by atoms with Crippen LogP contribution < -0.4 is 10.1 Å². The first-order valence-corrected chi connectivity index (χ1v) is 5.08. The molecule has 7 nitrogen and oxygen atoms in total. The summed E-state index contributed by atoms with van der Waals surface area (Å²) in [7, 11) is 0. The van der Waals surface area contributed by atoms with Gasteiger partial charge in [-0.25, -0.2) is 0 Å². The van der Waals surface area contributed by atoms with Crippen LogP contribution >= 0.6 is 0 Å². The van der Waals surface area contributed by atoms with Gasteiger partial charge in [0.15, 0.2) is 11.4 Å². The van der Waals surface area contributed by atoms with Crippen LogP contribution in [0.5, 0.6) is 5.75 Å². The molecular weight excluding hydrogens is 238 g/mol. The molecule has 0 saturated heterocycles. The predicted molar refractivity (Wildman–Crippen MR) is 61.1 cm³/mol. The Kier molecular flexibility index (Phi) is 2.44. The molecule has 0 aromatic heterocycles. The number of nitro groups is 1. The second-order valence-corrected chi connectivity index (χ2v) is 4.30. The molecule has 0 atom stereocenters. The minimum atomic E-state index is -1.10. The van der Waals surface area contributed by atoms with Gasteiger partial charge in [-0.3, -0.25) is 14.9 Å². The quantitative estimate of drug-likeness (QED) is 0.599. The lowest BCUT2D eigenvalue weighted by atomic mass is 10.0. The van der Waals surface area contributed by atoms with E-state index in [2.05, 4.69) is 5.32 Å². The summed E-state index contributed by atoms with van der Waals surface area (Å²) in [5.74, 6) is -0.182. The number of anilines is 1. The van der Waals surface area contributed by atoms with E-state index in [1.165, 1.54) is 6.07 Å². The van der Waals surface area contributed by atoms with Gasteiger partial charge in [0.25, 0.3) is 11.6 Å². The highest BCUT2D eigenvalue weighted by Gasteiger charge is 2.36. The molecule has 92 valence electrons. The molecule has 2 rings (SSSR count). The van der Waals surface area contributed by atoms with E-state index in [9.17, 15) is 14.9 Å². The van der Waals surface area contributed by atoms with Crippen LogP contribution in [-0.4, -0.2) is 16.4 Å². The van der Waals surface area contributed by atoms with Crippen molar-refractivity contribution in [3.8, 4) is 11.8 Å². The summed E-state index contributed by atoms with van der Waals surface area (Å²) in [5, 5.41) is 22.2. The summed E-state index contributed by atoms with van der Waals surface area (Å²) in [6.45, 7) is 3.10. The second-order valence-electron chi connectivity index (χ2n) is 4.30. The van der Waals surface area contributed by atoms with Crippen molar-refractivity contribution in [3.05, 3.63) is 27.8 Å². The van der Waals surface area contributed by atoms with Gasteiger partial charge in [-0.1, -0.05) is 0 Å². The molecule has 1 aliphatic rings. The predicted octanol–water partition coefficient (Wildman–Crippen LogP) is 1.58. The molecule has 0 aliphatic carbocycles. The summed E-state index contributed by atoms with van der Waals surface area (Å²) in [6.07, 6.45) is 0. The van der Waals surface area contributed by atoms with E-state index in [1.807, 2.05) is 0 Å². The van der Waals surface area contributed by atoms with E-state index in [0.29, 0.717) is 0 Å². The molecule has 0 saturated carbocycles. The third-order valence-electron chi connectivity index (χ3n) is 2.58. The topological polar surface area (TPSA) is 105 Å². The number of carbonyl (C=O) groups is 1. The van der Waals surface area contributed by atoms with Crippen molar-refractivity contribution in [3.63, 3.8) is 0 Å². The largest absolute Gasteiger partial charge is 0.476 e. The number of nitriles is 1. The van der Waals surface area contributed by atoms with E-state index in [4.69, 9.17) is 10.00 Å². The lowest BCUT2D eigenvalue weighted by Gasteiger charge is -2.31.